The van der Waals surface area contributed by atoms with Crippen LogP contribution in [-0.2, 0) is 20.7 Å². The van der Waals surface area contributed by atoms with Crippen molar-refractivity contribution < 1.29 is 27.5 Å². The van der Waals surface area contributed by atoms with Gasteiger partial charge in [0.05, 0.1) is 31.2 Å². The van der Waals surface area contributed by atoms with E-state index in [0.29, 0.717) is 63.5 Å². The number of carbonyl (C=O) groups is 2. The van der Waals surface area contributed by atoms with E-state index in [1.807, 2.05) is 0 Å². The van der Waals surface area contributed by atoms with Gasteiger partial charge < -0.3 is 15.0 Å². The molecule has 0 radical (unpaired) electrons. The first-order valence-electron chi connectivity index (χ1n) is 10.3. The lowest BCUT2D eigenvalue weighted by molar-refractivity contribution is -0.131. The third-order valence-corrected chi connectivity index (χ3v) is 5.82. The van der Waals surface area contributed by atoms with Gasteiger partial charge in [-0.2, -0.15) is 5.10 Å². The number of ether oxygens (including phenoxy) is 1. The monoisotopic (exact) mass is 436 g/mol. The topological polar surface area (TPSA) is 76.5 Å². The SMILES string of the molecule is O=C(Nc1ccnn1C1CCN(C(=O)Cc2c(F)cc(F)cc2F)CC1)[C@@H]1CCOC1. The lowest BCUT2D eigenvalue weighted by atomic mass is 10.0. The molecule has 10 heteroatoms. The molecule has 2 aliphatic heterocycles. The van der Waals surface area contributed by atoms with Gasteiger partial charge in [0.2, 0.25) is 11.8 Å². The van der Waals surface area contributed by atoms with Crippen LogP contribution in [0.1, 0.15) is 30.9 Å². The Morgan fingerprint density at radius 3 is 2.48 bits per heavy atom. The zero-order valence-corrected chi connectivity index (χ0v) is 16.8. The highest BCUT2D eigenvalue weighted by atomic mass is 19.1. The van der Waals surface area contributed by atoms with Crippen molar-refractivity contribution in [2.24, 2.45) is 5.92 Å². The summed E-state index contributed by atoms with van der Waals surface area (Å²) in [6.45, 7) is 1.76. The molecule has 0 unspecified atom stereocenters. The van der Waals surface area contributed by atoms with Gasteiger partial charge in [0.25, 0.3) is 0 Å². The van der Waals surface area contributed by atoms with Crippen LogP contribution in [0, 0.1) is 23.4 Å². The average molecular weight is 436 g/mol. The predicted molar refractivity (Wildman–Crippen MR) is 105 cm³/mol. The van der Waals surface area contributed by atoms with Gasteiger partial charge in [-0.3, -0.25) is 9.59 Å². The number of anilines is 1. The lowest BCUT2D eigenvalue weighted by Crippen LogP contribution is -2.40. The first-order valence-corrected chi connectivity index (χ1v) is 10.3. The van der Waals surface area contributed by atoms with E-state index < -0.39 is 35.3 Å². The predicted octanol–water partition coefficient (Wildman–Crippen LogP) is 2.68. The van der Waals surface area contributed by atoms with Crippen LogP contribution in [0.15, 0.2) is 24.4 Å². The molecule has 7 nitrogen and oxygen atoms in total. The second kappa shape index (κ2) is 9.09. The zero-order chi connectivity index (χ0) is 22.0. The highest BCUT2D eigenvalue weighted by molar-refractivity contribution is 5.92. The van der Waals surface area contributed by atoms with E-state index in [-0.39, 0.29) is 17.9 Å². The van der Waals surface area contributed by atoms with Crippen LogP contribution in [0.25, 0.3) is 0 Å². The number of nitrogens with one attached hydrogen (secondary N) is 1. The maximum absolute atomic E-state index is 13.8. The van der Waals surface area contributed by atoms with Crippen LogP contribution in [-0.4, -0.2) is 52.8 Å². The number of nitrogens with zero attached hydrogens (tertiary/aromatic N) is 3. The number of hydrogen-bond acceptors (Lipinski definition) is 4. The fourth-order valence-electron chi connectivity index (χ4n) is 4.04. The van der Waals surface area contributed by atoms with E-state index in [1.165, 1.54) is 4.90 Å². The van der Waals surface area contributed by atoms with Gasteiger partial charge >= 0.3 is 0 Å². The molecular weight excluding hydrogens is 413 g/mol. The molecule has 2 aromatic rings. The van der Waals surface area contributed by atoms with Gasteiger partial charge in [-0.15, -0.1) is 0 Å². The molecule has 3 heterocycles. The van der Waals surface area contributed by atoms with E-state index in [2.05, 4.69) is 10.4 Å². The summed E-state index contributed by atoms with van der Waals surface area (Å²) in [5, 5.41) is 7.22. The quantitative estimate of drug-likeness (QED) is 0.782. The molecule has 1 aromatic carbocycles. The molecule has 0 spiro atoms. The van der Waals surface area contributed by atoms with Crippen LogP contribution in [0.4, 0.5) is 19.0 Å². The van der Waals surface area contributed by atoms with Crippen LogP contribution in [0.3, 0.4) is 0 Å². The Labute approximate surface area is 177 Å². The fourth-order valence-corrected chi connectivity index (χ4v) is 4.04. The Bertz CT molecular complexity index is 944. The maximum atomic E-state index is 13.8. The van der Waals surface area contributed by atoms with Crippen molar-refractivity contribution in [3.63, 3.8) is 0 Å². The van der Waals surface area contributed by atoms with Crippen molar-refractivity contribution in [3.05, 3.63) is 47.4 Å². The van der Waals surface area contributed by atoms with Crippen LogP contribution >= 0.6 is 0 Å². The van der Waals surface area contributed by atoms with Crippen molar-refractivity contribution in [2.45, 2.75) is 31.7 Å². The number of likely N-dealkylation sites (tertiary alicyclic amines) is 1. The molecule has 31 heavy (non-hydrogen) atoms. The van der Waals surface area contributed by atoms with Gasteiger partial charge in [-0.25, -0.2) is 17.9 Å². The molecule has 2 saturated heterocycles. The van der Waals surface area contributed by atoms with E-state index in [0.717, 1.165) is 0 Å². The number of aromatic nitrogens is 2. The minimum atomic E-state index is -1.06. The third kappa shape index (κ3) is 4.73. The normalized spacial score (nSPS) is 19.6. The molecule has 1 N–H and O–H groups in total. The number of piperidine rings is 1. The molecule has 2 amide bonds. The van der Waals surface area contributed by atoms with Gasteiger partial charge in [0.15, 0.2) is 0 Å². The molecule has 4 rings (SSSR count). The van der Waals surface area contributed by atoms with E-state index in [9.17, 15) is 22.8 Å². The summed E-state index contributed by atoms with van der Waals surface area (Å²) in [4.78, 5) is 26.4. The highest BCUT2D eigenvalue weighted by Gasteiger charge is 2.28. The van der Waals surface area contributed by atoms with Crippen molar-refractivity contribution in [1.82, 2.24) is 14.7 Å². The minimum absolute atomic E-state index is 0.0199. The number of hydrogen-bond donors (Lipinski definition) is 1. The Hall–Kier alpha value is -2.88. The van der Waals surface area contributed by atoms with Crippen molar-refractivity contribution in [3.8, 4) is 0 Å². The first-order chi connectivity index (χ1) is 14.9. The summed E-state index contributed by atoms with van der Waals surface area (Å²) in [6.07, 6.45) is 3.00. The van der Waals surface area contributed by atoms with Crippen LogP contribution < -0.4 is 5.32 Å². The summed E-state index contributed by atoms with van der Waals surface area (Å²) in [7, 11) is 0. The molecule has 166 valence electrons. The minimum Gasteiger partial charge on any atom is -0.381 e. The average Bonchev–Trinajstić information content (AvgIpc) is 3.43. The van der Waals surface area contributed by atoms with Crippen LogP contribution in [0.2, 0.25) is 0 Å². The van der Waals surface area contributed by atoms with E-state index in [1.54, 1.807) is 16.9 Å². The van der Waals surface area contributed by atoms with Crippen molar-refractivity contribution in [1.29, 1.82) is 0 Å². The second-order valence-corrected chi connectivity index (χ2v) is 7.85. The molecule has 0 aliphatic carbocycles. The standard InChI is InChI=1S/C21H23F3N4O3/c22-14-9-17(23)16(18(24)10-14)11-20(29)27-6-2-15(3-7-27)28-19(1-5-25-28)26-21(30)13-4-8-31-12-13/h1,5,9-10,13,15H,2-4,6-8,11-12H2,(H,26,30)/t13-/m1/s1. The van der Waals surface area contributed by atoms with E-state index >= 15 is 0 Å². The Balaban J connectivity index is 1.34. The molecule has 1 aromatic heterocycles. The summed E-state index contributed by atoms with van der Waals surface area (Å²) in [5.74, 6) is -3.24. The lowest BCUT2D eigenvalue weighted by Gasteiger charge is -2.33. The van der Waals surface area contributed by atoms with Crippen molar-refractivity contribution in [2.75, 3.05) is 31.6 Å². The molecule has 2 fully saturated rings. The largest absolute Gasteiger partial charge is 0.381 e. The Kier molecular flexibility index (Phi) is 6.26. The Morgan fingerprint density at radius 2 is 1.84 bits per heavy atom. The number of halogens is 3. The summed E-state index contributed by atoms with van der Waals surface area (Å²) in [5.41, 5.74) is -0.429. The smallest absolute Gasteiger partial charge is 0.231 e. The van der Waals surface area contributed by atoms with Gasteiger partial charge in [0, 0.05) is 43.5 Å². The summed E-state index contributed by atoms with van der Waals surface area (Å²) >= 11 is 0. The molecule has 0 bridgehead atoms. The highest BCUT2D eigenvalue weighted by Crippen LogP contribution is 2.27. The van der Waals surface area contributed by atoms with Crippen LogP contribution in [0.5, 0.6) is 0 Å². The fraction of sp³-hybridized carbons (Fsp3) is 0.476. The molecular formula is C21H23F3N4O3. The first kappa shape index (κ1) is 21.4. The molecule has 1 atom stereocenters. The summed E-state index contributed by atoms with van der Waals surface area (Å²) < 4.78 is 47.7. The molecule has 2 aliphatic rings. The summed E-state index contributed by atoms with van der Waals surface area (Å²) in [6, 6.07) is 2.85. The number of benzene rings is 1. The zero-order valence-electron chi connectivity index (χ0n) is 16.8. The number of carbonyl (C=O) groups excluding carboxylic acids is 2. The second-order valence-electron chi connectivity index (χ2n) is 7.85. The number of amides is 2. The van der Waals surface area contributed by atoms with Gasteiger partial charge in [0.1, 0.15) is 23.3 Å². The van der Waals surface area contributed by atoms with Gasteiger partial charge in [-0.1, -0.05) is 0 Å². The third-order valence-electron chi connectivity index (χ3n) is 5.82. The molecule has 0 saturated carbocycles. The number of rotatable bonds is 5. The maximum Gasteiger partial charge on any atom is 0.231 e. The van der Waals surface area contributed by atoms with Gasteiger partial charge in [-0.05, 0) is 19.3 Å². The van der Waals surface area contributed by atoms with Crippen molar-refractivity contribution >= 4 is 17.6 Å². The Morgan fingerprint density at radius 1 is 1.13 bits per heavy atom. The van der Waals surface area contributed by atoms with E-state index in [4.69, 9.17) is 4.74 Å².